The molecule has 0 aliphatic rings. The van der Waals surface area contributed by atoms with Gasteiger partial charge in [0, 0.05) is 0 Å². The van der Waals surface area contributed by atoms with Gasteiger partial charge in [-0.05, 0) is 93.6 Å². The summed E-state index contributed by atoms with van der Waals surface area (Å²) in [6, 6.07) is 12.1. The Morgan fingerprint density at radius 3 is 2.69 bits per heavy atom. The van der Waals surface area contributed by atoms with Gasteiger partial charge in [-0.1, -0.05) is 12.0 Å². The fraction of sp³-hybridized carbons (Fsp3) is 0.100. The van der Waals surface area contributed by atoms with Crippen LogP contribution in [0.4, 0.5) is 0 Å². The van der Waals surface area contributed by atoms with Crippen LogP contribution in [0.5, 0.6) is 5.75 Å². The maximum atomic E-state index is 9.60. The highest BCUT2D eigenvalue weighted by Crippen LogP contribution is 2.30. The van der Waals surface area contributed by atoms with E-state index in [4.69, 9.17) is 11.2 Å². The Hall–Kier alpha value is -2.04. The Kier molecular flexibility index (Phi) is 5.84. The zero-order valence-electron chi connectivity index (χ0n) is 13.8. The van der Waals surface area contributed by atoms with Crippen LogP contribution < -0.4 is 4.74 Å². The Bertz CT molecular complexity index is 1080. The number of aromatic nitrogens is 2. The number of H-pyrrole nitrogens is 1. The standard InChI is InChI=1S/C20H13I2N3O/c1-3-6-26-19-15(21)9-13(10-16(19)22)8-14(11-23)20-24-17-5-4-12(2)7-18(17)25-20/h1,4-5,7-10H,6H2,2H3,(H,24,25)/b14-8-. The number of ether oxygens (including phenoxy) is 1. The molecule has 0 atom stereocenters. The first-order valence-electron chi connectivity index (χ1n) is 7.65. The number of benzene rings is 2. The number of aromatic amines is 1. The molecule has 0 spiro atoms. The number of hydrogen-bond donors (Lipinski definition) is 1. The van der Waals surface area contributed by atoms with Crippen molar-refractivity contribution < 1.29 is 4.74 Å². The van der Waals surface area contributed by atoms with E-state index < -0.39 is 0 Å². The average molecular weight is 565 g/mol. The molecule has 2 aromatic carbocycles. The first-order valence-corrected chi connectivity index (χ1v) is 9.81. The van der Waals surface area contributed by atoms with E-state index in [0.717, 1.165) is 35.1 Å². The second-order valence-corrected chi connectivity index (χ2v) is 7.91. The third kappa shape index (κ3) is 4.02. The number of imidazole rings is 1. The first-order chi connectivity index (χ1) is 12.5. The van der Waals surface area contributed by atoms with Crippen LogP contribution in [0.3, 0.4) is 0 Å². The molecular formula is C20H13I2N3O. The van der Waals surface area contributed by atoms with Crippen LogP contribution in [0, 0.1) is 37.7 Å². The first kappa shape index (κ1) is 18.7. The fourth-order valence-electron chi connectivity index (χ4n) is 2.49. The lowest BCUT2D eigenvalue weighted by molar-refractivity contribution is 0.365. The summed E-state index contributed by atoms with van der Waals surface area (Å²) in [5.41, 5.74) is 4.28. The average Bonchev–Trinajstić information content (AvgIpc) is 3.01. The van der Waals surface area contributed by atoms with Crippen LogP contribution in [-0.2, 0) is 0 Å². The van der Waals surface area contributed by atoms with Crippen molar-refractivity contribution in [2.45, 2.75) is 6.92 Å². The second-order valence-electron chi connectivity index (χ2n) is 5.58. The predicted molar refractivity (Wildman–Crippen MR) is 121 cm³/mol. The van der Waals surface area contributed by atoms with Gasteiger partial charge in [-0.15, -0.1) is 6.42 Å². The van der Waals surface area contributed by atoms with Crippen molar-refractivity contribution in [2.24, 2.45) is 0 Å². The van der Waals surface area contributed by atoms with Gasteiger partial charge in [0.2, 0.25) is 0 Å². The monoisotopic (exact) mass is 565 g/mol. The predicted octanol–water partition coefficient (Wildman–Crippen LogP) is 5.16. The van der Waals surface area contributed by atoms with Gasteiger partial charge in [0.05, 0.1) is 23.7 Å². The smallest absolute Gasteiger partial charge is 0.149 e. The van der Waals surface area contributed by atoms with Crippen molar-refractivity contribution in [2.75, 3.05) is 6.61 Å². The lowest BCUT2D eigenvalue weighted by Gasteiger charge is -2.09. The van der Waals surface area contributed by atoms with Gasteiger partial charge >= 0.3 is 0 Å². The molecule has 128 valence electrons. The van der Waals surface area contributed by atoms with Crippen LogP contribution in [0.2, 0.25) is 0 Å². The molecule has 1 N–H and O–H groups in total. The van der Waals surface area contributed by atoms with E-state index in [-0.39, 0.29) is 6.61 Å². The van der Waals surface area contributed by atoms with Crippen LogP contribution in [0.15, 0.2) is 30.3 Å². The Labute approximate surface area is 178 Å². The van der Waals surface area contributed by atoms with Crippen LogP contribution in [0.25, 0.3) is 22.7 Å². The number of rotatable bonds is 4. The Balaban J connectivity index is 2.01. The highest BCUT2D eigenvalue weighted by Gasteiger charge is 2.11. The zero-order valence-corrected chi connectivity index (χ0v) is 18.1. The van der Waals surface area contributed by atoms with Gasteiger partial charge in [0.1, 0.15) is 24.3 Å². The summed E-state index contributed by atoms with van der Waals surface area (Å²) >= 11 is 4.41. The largest absolute Gasteiger partial charge is 0.479 e. The third-order valence-electron chi connectivity index (χ3n) is 3.64. The number of nitriles is 1. The number of halogens is 2. The van der Waals surface area contributed by atoms with Crippen molar-refractivity contribution in [3.63, 3.8) is 0 Å². The maximum absolute atomic E-state index is 9.60. The summed E-state index contributed by atoms with van der Waals surface area (Å²) in [6.07, 6.45) is 7.08. The van der Waals surface area contributed by atoms with Crippen molar-refractivity contribution in [1.82, 2.24) is 9.97 Å². The highest BCUT2D eigenvalue weighted by atomic mass is 127. The van der Waals surface area contributed by atoms with Gasteiger partial charge in [-0.2, -0.15) is 5.26 Å². The van der Waals surface area contributed by atoms with Crippen LogP contribution in [-0.4, -0.2) is 16.6 Å². The quantitative estimate of drug-likeness (QED) is 0.271. The number of nitrogens with one attached hydrogen (secondary N) is 1. The van der Waals surface area contributed by atoms with Gasteiger partial charge in [0.15, 0.2) is 0 Å². The number of fused-ring (bicyclic) bond motifs is 1. The molecule has 1 aromatic heterocycles. The summed E-state index contributed by atoms with van der Waals surface area (Å²) < 4.78 is 7.46. The minimum Gasteiger partial charge on any atom is -0.479 e. The molecule has 3 rings (SSSR count). The molecule has 1 heterocycles. The topological polar surface area (TPSA) is 61.7 Å². The molecule has 0 unspecified atom stereocenters. The summed E-state index contributed by atoms with van der Waals surface area (Å²) in [4.78, 5) is 7.75. The van der Waals surface area contributed by atoms with Gasteiger partial charge in [-0.3, -0.25) is 0 Å². The molecule has 0 bridgehead atoms. The molecule has 0 saturated heterocycles. The van der Waals surface area contributed by atoms with Crippen LogP contribution in [0.1, 0.15) is 17.0 Å². The van der Waals surface area contributed by atoms with E-state index in [1.54, 1.807) is 0 Å². The number of allylic oxidation sites excluding steroid dienone is 1. The molecule has 3 aromatic rings. The van der Waals surface area contributed by atoms with Gasteiger partial charge in [0.25, 0.3) is 0 Å². The number of nitrogens with zero attached hydrogens (tertiary/aromatic N) is 2. The molecule has 4 nitrogen and oxygen atoms in total. The lowest BCUT2D eigenvalue weighted by atomic mass is 10.1. The molecule has 0 aliphatic carbocycles. The minimum absolute atomic E-state index is 0.225. The third-order valence-corrected chi connectivity index (χ3v) is 5.25. The van der Waals surface area contributed by atoms with E-state index >= 15 is 0 Å². The summed E-state index contributed by atoms with van der Waals surface area (Å²) in [7, 11) is 0. The summed E-state index contributed by atoms with van der Waals surface area (Å²) in [5.74, 6) is 3.79. The SMILES string of the molecule is C#CCOc1c(I)cc(/C=C(/C#N)c2nc3ccc(C)cc3[nH]2)cc1I. The molecule has 26 heavy (non-hydrogen) atoms. The molecule has 0 fully saturated rings. The maximum Gasteiger partial charge on any atom is 0.149 e. The van der Waals surface area contributed by atoms with Crippen LogP contribution >= 0.6 is 45.2 Å². The van der Waals surface area contributed by atoms with Gasteiger partial charge in [-0.25, -0.2) is 4.98 Å². The molecule has 0 aliphatic heterocycles. The van der Waals surface area contributed by atoms with Crippen molar-refractivity contribution in [1.29, 1.82) is 5.26 Å². The minimum atomic E-state index is 0.225. The summed E-state index contributed by atoms with van der Waals surface area (Å²) in [5, 5.41) is 9.60. The van der Waals surface area contributed by atoms with E-state index in [0.29, 0.717) is 11.4 Å². The molecule has 0 amide bonds. The molecule has 0 saturated carbocycles. The van der Waals surface area contributed by atoms with E-state index in [2.05, 4.69) is 67.1 Å². The zero-order chi connectivity index (χ0) is 18.7. The normalized spacial score (nSPS) is 11.2. The molecular weight excluding hydrogens is 552 g/mol. The van der Waals surface area contributed by atoms with E-state index in [9.17, 15) is 5.26 Å². The van der Waals surface area contributed by atoms with Crippen molar-refractivity contribution in [3.05, 3.63) is 54.4 Å². The number of aryl methyl sites for hydroxylation is 1. The Morgan fingerprint density at radius 2 is 2.04 bits per heavy atom. The Morgan fingerprint density at radius 1 is 1.31 bits per heavy atom. The number of terminal acetylenes is 1. The van der Waals surface area contributed by atoms with Crippen molar-refractivity contribution >= 4 is 67.9 Å². The van der Waals surface area contributed by atoms with E-state index in [1.807, 2.05) is 43.3 Å². The molecule has 0 radical (unpaired) electrons. The van der Waals surface area contributed by atoms with Crippen molar-refractivity contribution in [3.8, 4) is 24.2 Å². The fourth-order valence-corrected chi connectivity index (χ4v) is 4.61. The second kappa shape index (κ2) is 8.11. The number of hydrogen-bond acceptors (Lipinski definition) is 3. The molecule has 6 heteroatoms. The highest BCUT2D eigenvalue weighted by molar-refractivity contribution is 14.1. The summed E-state index contributed by atoms with van der Waals surface area (Å²) in [6.45, 7) is 2.25. The van der Waals surface area contributed by atoms with E-state index in [1.165, 1.54) is 0 Å². The van der Waals surface area contributed by atoms with Gasteiger partial charge < -0.3 is 9.72 Å². The lowest BCUT2D eigenvalue weighted by Crippen LogP contribution is -1.98.